The summed E-state index contributed by atoms with van der Waals surface area (Å²) in [5.41, 5.74) is 2.77. The molecule has 6 rings (SSSR count). The number of nitrogens with zero attached hydrogens (tertiary/aromatic N) is 4. The molecule has 0 spiro atoms. The van der Waals surface area contributed by atoms with Crippen molar-refractivity contribution in [1.82, 2.24) is 19.4 Å². The number of likely N-dealkylation sites (tertiary alicyclic amines) is 2. The first-order chi connectivity index (χ1) is 21.4. The molecule has 1 N–H and O–H groups in total. The third-order valence-electron chi connectivity index (χ3n) is 8.82. The van der Waals surface area contributed by atoms with Crippen molar-refractivity contribution in [2.45, 2.75) is 63.5 Å². The molecule has 1 atom stereocenters. The fourth-order valence-corrected chi connectivity index (χ4v) is 6.19. The van der Waals surface area contributed by atoms with E-state index in [9.17, 15) is 14.7 Å². The van der Waals surface area contributed by atoms with Crippen LogP contribution in [-0.4, -0.2) is 68.1 Å². The van der Waals surface area contributed by atoms with Gasteiger partial charge < -0.3 is 19.5 Å². The van der Waals surface area contributed by atoms with Crippen molar-refractivity contribution in [2.24, 2.45) is 0 Å². The normalized spacial score (nSPS) is 16.9. The smallest absolute Gasteiger partial charge is 0.271 e. The fourth-order valence-electron chi connectivity index (χ4n) is 6.19. The lowest BCUT2D eigenvalue weighted by Gasteiger charge is -2.39. The van der Waals surface area contributed by atoms with Crippen LogP contribution in [0.4, 0.5) is 0 Å². The lowest BCUT2D eigenvalue weighted by molar-refractivity contribution is -0.136. The maximum Gasteiger partial charge on any atom is 0.271 e. The molecule has 2 amide bonds. The van der Waals surface area contributed by atoms with E-state index in [1.54, 1.807) is 12.4 Å². The zero-order chi connectivity index (χ0) is 30.8. The predicted molar refractivity (Wildman–Crippen MR) is 174 cm³/mol. The Bertz CT molecular complexity index is 1430. The van der Waals surface area contributed by atoms with Crippen molar-refractivity contribution in [2.75, 3.05) is 26.2 Å². The molecule has 230 valence electrons. The summed E-state index contributed by atoms with van der Waals surface area (Å²) in [6.07, 6.45) is 10.1. The summed E-state index contributed by atoms with van der Waals surface area (Å²) in [6.45, 7) is 5.04. The van der Waals surface area contributed by atoms with Crippen LogP contribution in [-0.2, 0) is 11.3 Å². The van der Waals surface area contributed by atoms with Gasteiger partial charge in [0.15, 0.2) is 0 Å². The molecule has 7 heteroatoms. The van der Waals surface area contributed by atoms with Crippen LogP contribution in [0, 0.1) is 0 Å². The highest BCUT2D eigenvalue weighted by molar-refractivity contribution is 5.99. The van der Waals surface area contributed by atoms with Gasteiger partial charge in [-0.15, -0.1) is 0 Å². The van der Waals surface area contributed by atoms with E-state index in [2.05, 4.69) is 24.0 Å². The molecule has 0 radical (unpaired) electrons. The van der Waals surface area contributed by atoms with Gasteiger partial charge in [-0.05, 0) is 67.3 Å². The fraction of sp³-hybridized carbons (Fsp3) is 0.378. The SMILES string of the molecule is CC(CC(=O)N1CCC(O)(Cn2ccc(-c3ccccc3)c2C(=O)N2CCCCC2)CC1)c1ccccc1.c1ccncc1. The standard InChI is InChI=1S/C32H39N3O3.C5H5N/c1-25(26-11-5-2-6-12-26)23-29(36)33-21-16-32(38,17-22-33)24-35-20-15-28(27-13-7-3-8-14-27)30(35)31(37)34-18-9-4-10-19-34;1-2-4-6-5-3-1/h2-3,5-8,11-15,20,25,38H,4,9-10,16-19,21-24H2,1H3;1-5H. The molecule has 4 aromatic rings. The number of hydrogen-bond donors (Lipinski definition) is 1. The molecule has 0 bridgehead atoms. The largest absolute Gasteiger partial charge is 0.388 e. The van der Waals surface area contributed by atoms with Crippen molar-refractivity contribution in [3.8, 4) is 11.1 Å². The second kappa shape index (κ2) is 15.0. The van der Waals surface area contributed by atoms with E-state index in [0.717, 1.165) is 43.5 Å². The van der Waals surface area contributed by atoms with Crippen molar-refractivity contribution in [3.63, 3.8) is 0 Å². The number of benzene rings is 2. The molecule has 2 aromatic heterocycles. The Morgan fingerprint density at radius 1 is 0.795 bits per heavy atom. The van der Waals surface area contributed by atoms with Gasteiger partial charge in [0.1, 0.15) is 5.69 Å². The third-order valence-corrected chi connectivity index (χ3v) is 8.82. The van der Waals surface area contributed by atoms with Gasteiger partial charge in [0.25, 0.3) is 5.91 Å². The van der Waals surface area contributed by atoms with E-state index in [4.69, 9.17) is 0 Å². The van der Waals surface area contributed by atoms with E-state index in [1.807, 2.05) is 93.4 Å². The van der Waals surface area contributed by atoms with Gasteiger partial charge >= 0.3 is 0 Å². The molecule has 2 aliphatic heterocycles. The van der Waals surface area contributed by atoms with Gasteiger partial charge in [0, 0.05) is 56.8 Å². The van der Waals surface area contributed by atoms with Crippen LogP contribution in [0.2, 0.25) is 0 Å². The van der Waals surface area contributed by atoms with Crippen LogP contribution in [0.5, 0.6) is 0 Å². The summed E-state index contributed by atoms with van der Waals surface area (Å²) in [4.78, 5) is 34.4. The Labute approximate surface area is 261 Å². The topological polar surface area (TPSA) is 78.7 Å². The highest BCUT2D eigenvalue weighted by Gasteiger charge is 2.36. The van der Waals surface area contributed by atoms with Crippen LogP contribution in [0.25, 0.3) is 11.1 Å². The molecular formula is C37H44N4O3. The number of pyridine rings is 1. The van der Waals surface area contributed by atoms with Crippen LogP contribution in [0.3, 0.4) is 0 Å². The van der Waals surface area contributed by atoms with E-state index >= 15 is 0 Å². The molecule has 2 saturated heterocycles. The van der Waals surface area contributed by atoms with Gasteiger partial charge in [-0.3, -0.25) is 14.6 Å². The minimum Gasteiger partial charge on any atom is -0.388 e. The zero-order valence-corrected chi connectivity index (χ0v) is 25.7. The summed E-state index contributed by atoms with van der Waals surface area (Å²) in [7, 11) is 0. The quantitative estimate of drug-likeness (QED) is 0.269. The van der Waals surface area contributed by atoms with Crippen LogP contribution < -0.4 is 0 Å². The molecule has 2 fully saturated rings. The first-order valence-electron chi connectivity index (χ1n) is 15.9. The number of piperidine rings is 2. The summed E-state index contributed by atoms with van der Waals surface area (Å²) in [6, 6.07) is 27.9. The minimum absolute atomic E-state index is 0.0414. The lowest BCUT2D eigenvalue weighted by Crippen LogP contribution is -2.49. The number of aliphatic hydroxyl groups is 1. The Hall–Kier alpha value is -4.23. The minimum atomic E-state index is -0.967. The molecular weight excluding hydrogens is 548 g/mol. The average molecular weight is 593 g/mol. The molecule has 1 unspecified atom stereocenters. The first kappa shape index (κ1) is 31.2. The van der Waals surface area contributed by atoms with Crippen molar-refractivity contribution in [1.29, 1.82) is 0 Å². The molecule has 44 heavy (non-hydrogen) atoms. The predicted octanol–water partition coefficient (Wildman–Crippen LogP) is 6.41. The Morgan fingerprint density at radius 3 is 2.00 bits per heavy atom. The average Bonchev–Trinajstić information content (AvgIpc) is 3.49. The highest BCUT2D eigenvalue weighted by atomic mass is 16.3. The maximum atomic E-state index is 13.8. The highest BCUT2D eigenvalue weighted by Crippen LogP contribution is 2.31. The lowest BCUT2D eigenvalue weighted by atomic mass is 9.90. The van der Waals surface area contributed by atoms with Gasteiger partial charge in [-0.1, -0.05) is 73.7 Å². The number of hydrogen-bond acceptors (Lipinski definition) is 4. The molecule has 2 aliphatic rings. The Morgan fingerprint density at radius 2 is 1.41 bits per heavy atom. The number of carbonyl (C=O) groups excluding carboxylic acids is 2. The Kier molecular flexibility index (Phi) is 10.6. The summed E-state index contributed by atoms with van der Waals surface area (Å²) >= 11 is 0. The number of amides is 2. The van der Waals surface area contributed by atoms with Gasteiger partial charge in [-0.2, -0.15) is 0 Å². The second-order valence-electron chi connectivity index (χ2n) is 12.1. The van der Waals surface area contributed by atoms with Crippen molar-refractivity contribution in [3.05, 3.63) is 115 Å². The summed E-state index contributed by atoms with van der Waals surface area (Å²) in [5.74, 6) is 0.334. The number of aromatic nitrogens is 2. The second-order valence-corrected chi connectivity index (χ2v) is 12.1. The van der Waals surface area contributed by atoms with E-state index < -0.39 is 5.60 Å². The van der Waals surface area contributed by atoms with Crippen molar-refractivity contribution < 1.29 is 14.7 Å². The molecule has 2 aromatic carbocycles. The van der Waals surface area contributed by atoms with E-state index in [1.165, 1.54) is 5.56 Å². The first-order valence-corrected chi connectivity index (χ1v) is 15.9. The summed E-state index contributed by atoms with van der Waals surface area (Å²) < 4.78 is 1.95. The third kappa shape index (κ3) is 8.03. The molecule has 0 saturated carbocycles. The van der Waals surface area contributed by atoms with Gasteiger partial charge in [-0.25, -0.2) is 0 Å². The summed E-state index contributed by atoms with van der Waals surface area (Å²) in [5, 5.41) is 11.6. The number of carbonyl (C=O) groups is 2. The molecule has 7 nitrogen and oxygen atoms in total. The zero-order valence-electron chi connectivity index (χ0n) is 25.7. The van der Waals surface area contributed by atoms with Gasteiger partial charge in [0.2, 0.25) is 5.91 Å². The maximum absolute atomic E-state index is 13.8. The van der Waals surface area contributed by atoms with E-state index in [0.29, 0.717) is 44.6 Å². The van der Waals surface area contributed by atoms with Crippen LogP contribution in [0.1, 0.15) is 67.4 Å². The van der Waals surface area contributed by atoms with Crippen molar-refractivity contribution >= 4 is 11.8 Å². The Balaban J connectivity index is 0.000000573. The molecule has 0 aliphatic carbocycles. The van der Waals surface area contributed by atoms with E-state index in [-0.39, 0.29) is 17.7 Å². The van der Waals surface area contributed by atoms with Crippen LogP contribution in [0.15, 0.2) is 104 Å². The van der Waals surface area contributed by atoms with Crippen LogP contribution >= 0.6 is 0 Å². The number of rotatable bonds is 7. The monoisotopic (exact) mass is 592 g/mol. The molecule has 4 heterocycles. The van der Waals surface area contributed by atoms with Gasteiger partial charge in [0.05, 0.1) is 12.1 Å².